The number of aliphatic imine (C=N–C) groups is 1. The van der Waals surface area contributed by atoms with Crippen molar-refractivity contribution in [1.82, 2.24) is 20.0 Å². The second kappa shape index (κ2) is 11.9. The molecule has 0 aliphatic carbocycles. The maximum atomic E-state index is 12.5. The molecule has 1 amide bonds. The van der Waals surface area contributed by atoms with E-state index in [2.05, 4.69) is 35.0 Å². The molecule has 2 aromatic rings. The maximum Gasteiger partial charge on any atom is 0.236 e. The van der Waals surface area contributed by atoms with Crippen LogP contribution in [0.5, 0.6) is 0 Å². The van der Waals surface area contributed by atoms with Gasteiger partial charge in [-0.05, 0) is 19.9 Å². The minimum Gasteiger partial charge on any atom is -0.459 e. The third-order valence-electron chi connectivity index (χ3n) is 6.04. The van der Waals surface area contributed by atoms with Crippen molar-refractivity contribution >= 4 is 46.8 Å². The second-order valence-electron chi connectivity index (χ2n) is 8.07. The van der Waals surface area contributed by atoms with Crippen LogP contribution in [0.4, 0.5) is 0 Å². The fraction of sp³-hybridized carbons (Fsp3) is 0.565. The molecule has 0 unspecified atom stereocenters. The number of carbonyl (C=O) groups excluding carboxylic acids is 1. The molecule has 2 saturated heterocycles. The zero-order chi connectivity index (χ0) is 21.6. The molecular formula is C23H34IN5O3. The first-order chi connectivity index (χ1) is 15.2. The molecular weight excluding hydrogens is 521 g/mol. The van der Waals surface area contributed by atoms with Crippen molar-refractivity contribution < 1.29 is 13.9 Å². The summed E-state index contributed by atoms with van der Waals surface area (Å²) in [7, 11) is 0. The van der Waals surface area contributed by atoms with Gasteiger partial charge in [-0.3, -0.25) is 9.69 Å². The Kier molecular flexibility index (Phi) is 9.18. The van der Waals surface area contributed by atoms with Crippen LogP contribution in [0.2, 0.25) is 0 Å². The summed E-state index contributed by atoms with van der Waals surface area (Å²) in [5.41, 5.74) is 2.07. The van der Waals surface area contributed by atoms with Crippen LogP contribution in [0, 0.1) is 6.92 Å². The van der Waals surface area contributed by atoms with Gasteiger partial charge in [0.2, 0.25) is 5.91 Å². The van der Waals surface area contributed by atoms with Gasteiger partial charge in [0.15, 0.2) is 5.96 Å². The Morgan fingerprint density at radius 1 is 1.06 bits per heavy atom. The van der Waals surface area contributed by atoms with Crippen molar-refractivity contribution in [2.45, 2.75) is 20.4 Å². The molecule has 9 heteroatoms. The lowest BCUT2D eigenvalue weighted by atomic mass is 10.1. The Hall–Kier alpha value is -1.85. The molecule has 2 aliphatic rings. The third kappa shape index (κ3) is 5.93. The van der Waals surface area contributed by atoms with E-state index in [1.165, 1.54) is 0 Å². The number of halogens is 1. The van der Waals surface area contributed by atoms with Gasteiger partial charge in [0.05, 0.1) is 19.8 Å². The van der Waals surface area contributed by atoms with Gasteiger partial charge in [-0.25, -0.2) is 4.99 Å². The van der Waals surface area contributed by atoms with Gasteiger partial charge >= 0.3 is 0 Å². The fourth-order valence-electron chi connectivity index (χ4n) is 4.17. The minimum atomic E-state index is 0. The smallest absolute Gasteiger partial charge is 0.236 e. The van der Waals surface area contributed by atoms with Gasteiger partial charge in [-0.1, -0.05) is 18.2 Å². The number of nitrogens with zero attached hydrogens (tertiary/aromatic N) is 4. The summed E-state index contributed by atoms with van der Waals surface area (Å²) in [6.45, 7) is 12.1. The number of fused-ring (bicyclic) bond motifs is 1. The number of furan rings is 1. The molecule has 0 spiro atoms. The van der Waals surface area contributed by atoms with Gasteiger partial charge in [0.25, 0.3) is 0 Å². The van der Waals surface area contributed by atoms with Crippen LogP contribution in [-0.4, -0.2) is 92.1 Å². The molecule has 4 rings (SSSR count). The number of piperazine rings is 1. The number of carbonyl (C=O) groups is 1. The van der Waals surface area contributed by atoms with Crippen LogP contribution >= 0.6 is 24.0 Å². The summed E-state index contributed by atoms with van der Waals surface area (Å²) < 4.78 is 11.4. The Bertz CT molecular complexity index is 917. The zero-order valence-electron chi connectivity index (χ0n) is 19.0. The normalized spacial score (nSPS) is 18.0. The molecule has 3 heterocycles. The summed E-state index contributed by atoms with van der Waals surface area (Å²) in [6, 6.07) is 8.11. The molecule has 0 bridgehead atoms. The minimum absolute atomic E-state index is 0. The first-order valence-electron chi connectivity index (χ1n) is 11.2. The number of hydrogen-bond donors (Lipinski definition) is 1. The molecule has 32 heavy (non-hydrogen) atoms. The van der Waals surface area contributed by atoms with Crippen molar-refractivity contribution in [3.05, 3.63) is 35.6 Å². The highest BCUT2D eigenvalue weighted by Gasteiger charge is 2.24. The van der Waals surface area contributed by atoms with Crippen LogP contribution in [0.25, 0.3) is 11.0 Å². The van der Waals surface area contributed by atoms with E-state index in [9.17, 15) is 4.79 Å². The van der Waals surface area contributed by atoms with E-state index in [-0.39, 0.29) is 29.9 Å². The second-order valence-corrected chi connectivity index (χ2v) is 8.07. The molecule has 1 aromatic carbocycles. The topological polar surface area (TPSA) is 73.6 Å². The summed E-state index contributed by atoms with van der Waals surface area (Å²) in [5.74, 6) is 2.02. The first kappa shape index (κ1) is 24.8. The van der Waals surface area contributed by atoms with E-state index in [1.54, 1.807) is 0 Å². The number of hydrogen-bond acceptors (Lipinski definition) is 5. The van der Waals surface area contributed by atoms with Crippen LogP contribution in [-0.2, 0) is 16.1 Å². The monoisotopic (exact) mass is 555 g/mol. The van der Waals surface area contributed by atoms with E-state index in [0.29, 0.717) is 39.4 Å². The number of para-hydroxylation sites is 1. The van der Waals surface area contributed by atoms with Crippen molar-refractivity contribution in [3.8, 4) is 0 Å². The number of benzene rings is 1. The predicted molar refractivity (Wildman–Crippen MR) is 137 cm³/mol. The fourth-order valence-corrected chi connectivity index (χ4v) is 4.17. The highest BCUT2D eigenvalue weighted by atomic mass is 127. The van der Waals surface area contributed by atoms with E-state index in [0.717, 1.165) is 61.0 Å². The summed E-state index contributed by atoms with van der Waals surface area (Å²) in [5, 5.41) is 4.56. The quantitative estimate of drug-likeness (QED) is 0.347. The first-order valence-corrected chi connectivity index (χ1v) is 11.2. The largest absolute Gasteiger partial charge is 0.459 e. The zero-order valence-corrected chi connectivity index (χ0v) is 21.3. The molecule has 0 radical (unpaired) electrons. The van der Waals surface area contributed by atoms with E-state index >= 15 is 0 Å². The SMILES string of the molecule is CCNC(=NCc1oc2ccccc2c1C)N1CCN(CC(=O)N2CCOCC2)CC1.I. The number of guanidine groups is 1. The van der Waals surface area contributed by atoms with Gasteiger partial charge in [0, 0.05) is 56.8 Å². The Labute approximate surface area is 207 Å². The molecule has 2 fully saturated rings. The standard InChI is InChI=1S/C23H33N5O3.HI/c1-3-24-23(25-16-21-18(2)19-6-4-5-7-20(19)31-21)28-10-8-26(9-11-28)17-22(29)27-12-14-30-15-13-27;/h4-7H,3,8-17H2,1-2H3,(H,24,25);1H. The lowest BCUT2D eigenvalue weighted by molar-refractivity contribution is -0.136. The molecule has 1 N–H and O–H groups in total. The number of ether oxygens (including phenoxy) is 1. The van der Waals surface area contributed by atoms with Crippen LogP contribution in [0.15, 0.2) is 33.7 Å². The molecule has 2 aliphatic heterocycles. The van der Waals surface area contributed by atoms with Gasteiger partial charge < -0.3 is 24.3 Å². The molecule has 0 saturated carbocycles. The number of nitrogens with one attached hydrogen (secondary N) is 1. The lowest BCUT2D eigenvalue weighted by Crippen LogP contribution is -2.54. The van der Waals surface area contributed by atoms with E-state index in [4.69, 9.17) is 14.1 Å². The van der Waals surface area contributed by atoms with Gasteiger partial charge in [-0.2, -0.15) is 0 Å². The van der Waals surface area contributed by atoms with Crippen molar-refractivity contribution in [1.29, 1.82) is 0 Å². The maximum absolute atomic E-state index is 12.5. The van der Waals surface area contributed by atoms with Crippen molar-refractivity contribution in [2.75, 3.05) is 65.6 Å². The number of aryl methyl sites for hydroxylation is 1. The van der Waals surface area contributed by atoms with Crippen molar-refractivity contribution in [2.24, 2.45) is 4.99 Å². The Morgan fingerprint density at radius 2 is 1.78 bits per heavy atom. The molecule has 8 nitrogen and oxygen atoms in total. The van der Waals surface area contributed by atoms with Crippen molar-refractivity contribution in [3.63, 3.8) is 0 Å². The molecule has 0 atom stereocenters. The summed E-state index contributed by atoms with van der Waals surface area (Å²) >= 11 is 0. The third-order valence-corrected chi connectivity index (χ3v) is 6.04. The summed E-state index contributed by atoms with van der Waals surface area (Å²) in [6.07, 6.45) is 0. The lowest BCUT2D eigenvalue weighted by Gasteiger charge is -2.37. The summed E-state index contributed by atoms with van der Waals surface area (Å²) in [4.78, 5) is 23.8. The van der Waals surface area contributed by atoms with Gasteiger partial charge in [0.1, 0.15) is 17.9 Å². The number of amides is 1. The number of morpholine rings is 1. The molecule has 176 valence electrons. The van der Waals surface area contributed by atoms with E-state index in [1.807, 2.05) is 23.1 Å². The molecule has 1 aromatic heterocycles. The van der Waals surface area contributed by atoms with E-state index < -0.39 is 0 Å². The predicted octanol–water partition coefficient (Wildman–Crippen LogP) is 2.30. The highest BCUT2D eigenvalue weighted by Crippen LogP contribution is 2.25. The van der Waals surface area contributed by atoms with Crippen LogP contribution in [0.1, 0.15) is 18.2 Å². The Morgan fingerprint density at radius 3 is 2.47 bits per heavy atom. The Balaban J connectivity index is 0.00000289. The van der Waals surface area contributed by atoms with Gasteiger partial charge in [-0.15, -0.1) is 24.0 Å². The average Bonchev–Trinajstić information content (AvgIpc) is 3.13. The average molecular weight is 555 g/mol. The number of rotatable bonds is 5. The highest BCUT2D eigenvalue weighted by molar-refractivity contribution is 14.0. The van der Waals surface area contributed by atoms with Crippen LogP contribution < -0.4 is 5.32 Å². The van der Waals surface area contributed by atoms with Crippen LogP contribution in [0.3, 0.4) is 0 Å².